The highest BCUT2D eigenvalue weighted by molar-refractivity contribution is 9.10. The highest BCUT2D eigenvalue weighted by atomic mass is 79.9. The van der Waals surface area contributed by atoms with Crippen LogP contribution in [0.1, 0.15) is 29.6 Å². The summed E-state index contributed by atoms with van der Waals surface area (Å²) in [5.74, 6) is -0.400. The van der Waals surface area contributed by atoms with Gasteiger partial charge in [-0.15, -0.1) is 0 Å². The van der Waals surface area contributed by atoms with E-state index in [0.717, 1.165) is 19.3 Å². The topological polar surface area (TPSA) is 17.1 Å². The summed E-state index contributed by atoms with van der Waals surface area (Å²) in [6.07, 6.45) is 2.91. The lowest BCUT2D eigenvalue weighted by Crippen LogP contribution is -2.22. The zero-order chi connectivity index (χ0) is 10.1. The van der Waals surface area contributed by atoms with E-state index in [0.29, 0.717) is 4.47 Å². The minimum Gasteiger partial charge on any atom is -0.294 e. The molecule has 0 bridgehead atoms. The van der Waals surface area contributed by atoms with Crippen LogP contribution in [-0.4, -0.2) is 5.78 Å². The lowest BCUT2D eigenvalue weighted by atomic mass is 9.80. The van der Waals surface area contributed by atoms with Gasteiger partial charge in [-0.1, -0.05) is 22.4 Å². The van der Waals surface area contributed by atoms with Crippen LogP contribution in [-0.2, 0) is 0 Å². The Morgan fingerprint density at radius 2 is 2.14 bits per heavy atom. The smallest absolute Gasteiger partial charge is 0.168 e. The van der Waals surface area contributed by atoms with Crippen molar-refractivity contribution in [1.82, 2.24) is 0 Å². The molecular weight excluding hydrogens is 247 g/mol. The Labute approximate surface area is 90.4 Å². The predicted octanol–water partition coefficient (Wildman–Crippen LogP) is 3.57. The van der Waals surface area contributed by atoms with Crippen molar-refractivity contribution in [2.45, 2.75) is 19.3 Å². The fourth-order valence-electron chi connectivity index (χ4n) is 1.58. The highest BCUT2D eigenvalue weighted by Crippen LogP contribution is 2.30. The molecule has 1 nitrogen and oxygen atoms in total. The van der Waals surface area contributed by atoms with Crippen molar-refractivity contribution in [2.24, 2.45) is 5.92 Å². The van der Waals surface area contributed by atoms with Crippen molar-refractivity contribution < 1.29 is 9.18 Å². The number of benzene rings is 1. The number of carbonyl (C=O) groups is 1. The van der Waals surface area contributed by atoms with Crippen LogP contribution in [0.25, 0.3) is 0 Å². The molecule has 1 aliphatic rings. The van der Waals surface area contributed by atoms with Crippen LogP contribution in [0.3, 0.4) is 0 Å². The molecule has 1 aromatic carbocycles. The molecule has 1 saturated carbocycles. The molecule has 3 heteroatoms. The van der Waals surface area contributed by atoms with Gasteiger partial charge in [-0.25, -0.2) is 4.39 Å². The normalized spacial score (nSPS) is 16.4. The molecular formula is C11H10BrFO. The van der Waals surface area contributed by atoms with Crippen LogP contribution in [0.15, 0.2) is 22.7 Å². The summed E-state index contributed by atoms with van der Waals surface area (Å²) in [6.45, 7) is 0. The van der Waals surface area contributed by atoms with Gasteiger partial charge in [0.1, 0.15) is 5.82 Å². The Morgan fingerprint density at radius 1 is 1.43 bits per heavy atom. The largest absolute Gasteiger partial charge is 0.294 e. The summed E-state index contributed by atoms with van der Waals surface area (Å²) in [7, 11) is 0. The quantitative estimate of drug-likeness (QED) is 0.740. The Kier molecular flexibility index (Phi) is 2.68. The molecule has 0 spiro atoms. The molecule has 0 aliphatic heterocycles. The molecule has 2 rings (SSSR count). The van der Waals surface area contributed by atoms with E-state index in [1.54, 1.807) is 12.1 Å². The Hall–Kier alpha value is -0.700. The molecule has 0 amide bonds. The second-order valence-electron chi connectivity index (χ2n) is 3.62. The van der Waals surface area contributed by atoms with Crippen LogP contribution >= 0.6 is 15.9 Å². The second-order valence-corrected chi connectivity index (χ2v) is 4.53. The first-order valence-corrected chi connectivity index (χ1v) is 5.47. The number of Topliss-reactive ketones (excluding diaryl/α,β-unsaturated/α-hetero) is 1. The zero-order valence-electron chi connectivity index (χ0n) is 7.59. The Balaban J connectivity index is 2.26. The molecule has 1 aromatic rings. The summed E-state index contributed by atoms with van der Waals surface area (Å²) in [5.41, 5.74) is 0.234. The lowest BCUT2D eigenvalue weighted by Gasteiger charge is -2.23. The van der Waals surface area contributed by atoms with Crippen LogP contribution in [0, 0.1) is 11.7 Å². The SMILES string of the molecule is O=C(c1ccc(Br)cc1F)C1CCC1. The van der Waals surface area contributed by atoms with Crippen molar-refractivity contribution in [3.8, 4) is 0 Å². The third kappa shape index (κ3) is 1.73. The molecule has 0 unspecified atom stereocenters. The zero-order valence-corrected chi connectivity index (χ0v) is 9.18. The molecule has 1 aliphatic carbocycles. The maximum atomic E-state index is 13.4. The summed E-state index contributed by atoms with van der Waals surface area (Å²) < 4.78 is 14.0. The number of halogens is 2. The van der Waals surface area contributed by atoms with Crippen molar-refractivity contribution in [3.05, 3.63) is 34.1 Å². The summed E-state index contributed by atoms with van der Waals surface area (Å²) in [4.78, 5) is 11.7. The third-order valence-electron chi connectivity index (χ3n) is 2.67. The predicted molar refractivity (Wildman–Crippen MR) is 55.8 cm³/mol. The minimum absolute atomic E-state index is 0.0405. The number of hydrogen-bond donors (Lipinski definition) is 0. The highest BCUT2D eigenvalue weighted by Gasteiger charge is 2.27. The molecule has 0 radical (unpaired) electrons. The monoisotopic (exact) mass is 256 g/mol. The second kappa shape index (κ2) is 3.81. The minimum atomic E-state index is -0.420. The average Bonchev–Trinajstić information content (AvgIpc) is 2.00. The van der Waals surface area contributed by atoms with E-state index in [1.165, 1.54) is 6.07 Å². The van der Waals surface area contributed by atoms with Crippen LogP contribution in [0.4, 0.5) is 4.39 Å². The van der Waals surface area contributed by atoms with Crippen LogP contribution in [0.5, 0.6) is 0 Å². The van der Waals surface area contributed by atoms with Gasteiger partial charge in [0.15, 0.2) is 5.78 Å². The number of hydrogen-bond acceptors (Lipinski definition) is 1. The standard InChI is InChI=1S/C11H10BrFO/c12-8-4-5-9(10(13)6-8)11(14)7-2-1-3-7/h4-7H,1-3H2. The molecule has 0 atom stereocenters. The average molecular weight is 257 g/mol. The fraction of sp³-hybridized carbons (Fsp3) is 0.364. The van der Waals surface area contributed by atoms with E-state index >= 15 is 0 Å². The van der Waals surface area contributed by atoms with E-state index in [1.807, 2.05) is 0 Å². The summed E-state index contributed by atoms with van der Waals surface area (Å²) in [5, 5.41) is 0. The van der Waals surface area contributed by atoms with Crippen molar-refractivity contribution in [1.29, 1.82) is 0 Å². The number of rotatable bonds is 2. The van der Waals surface area contributed by atoms with Crippen molar-refractivity contribution >= 4 is 21.7 Å². The van der Waals surface area contributed by atoms with Gasteiger partial charge < -0.3 is 0 Å². The molecule has 74 valence electrons. The lowest BCUT2D eigenvalue weighted by molar-refractivity contribution is 0.0851. The molecule has 14 heavy (non-hydrogen) atoms. The first-order valence-electron chi connectivity index (χ1n) is 4.68. The number of ketones is 1. The summed E-state index contributed by atoms with van der Waals surface area (Å²) >= 11 is 3.16. The number of carbonyl (C=O) groups excluding carboxylic acids is 1. The maximum Gasteiger partial charge on any atom is 0.168 e. The van der Waals surface area contributed by atoms with Gasteiger partial charge in [-0.05, 0) is 31.0 Å². The molecule has 0 heterocycles. The van der Waals surface area contributed by atoms with Crippen LogP contribution in [0.2, 0.25) is 0 Å². The summed E-state index contributed by atoms with van der Waals surface area (Å²) in [6, 6.07) is 4.60. The fourth-order valence-corrected chi connectivity index (χ4v) is 1.91. The molecule has 1 fully saturated rings. The first-order chi connectivity index (χ1) is 6.68. The molecule has 0 saturated heterocycles. The Morgan fingerprint density at radius 3 is 2.64 bits per heavy atom. The Bertz CT molecular complexity index is 372. The first kappa shape index (κ1) is 9.84. The van der Waals surface area contributed by atoms with Crippen molar-refractivity contribution in [3.63, 3.8) is 0 Å². The van der Waals surface area contributed by atoms with Gasteiger partial charge in [0.25, 0.3) is 0 Å². The van der Waals surface area contributed by atoms with Gasteiger partial charge >= 0.3 is 0 Å². The van der Waals surface area contributed by atoms with Gasteiger partial charge in [0, 0.05) is 10.4 Å². The van der Waals surface area contributed by atoms with E-state index < -0.39 is 5.82 Å². The van der Waals surface area contributed by atoms with Crippen molar-refractivity contribution in [2.75, 3.05) is 0 Å². The molecule has 0 aromatic heterocycles. The van der Waals surface area contributed by atoms with Gasteiger partial charge in [0.2, 0.25) is 0 Å². The van der Waals surface area contributed by atoms with Gasteiger partial charge in [-0.3, -0.25) is 4.79 Å². The van der Waals surface area contributed by atoms with E-state index in [9.17, 15) is 9.18 Å². The van der Waals surface area contributed by atoms with Gasteiger partial charge in [0.05, 0.1) is 5.56 Å². The van der Waals surface area contributed by atoms with E-state index in [2.05, 4.69) is 15.9 Å². The van der Waals surface area contributed by atoms with Crippen LogP contribution < -0.4 is 0 Å². The van der Waals surface area contributed by atoms with E-state index in [4.69, 9.17) is 0 Å². The van der Waals surface area contributed by atoms with Gasteiger partial charge in [-0.2, -0.15) is 0 Å². The van der Waals surface area contributed by atoms with E-state index in [-0.39, 0.29) is 17.3 Å². The third-order valence-corrected chi connectivity index (χ3v) is 3.17. The molecule has 0 N–H and O–H groups in total. The maximum absolute atomic E-state index is 13.4.